The number of allylic oxidation sites excluding steroid dienone is 1. The molecule has 0 spiro atoms. The van der Waals surface area contributed by atoms with Gasteiger partial charge >= 0.3 is 5.97 Å². The fourth-order valence-corrected chi connectivity index (χ4v) is 7.05. The highest BCUT2D eigenvalue weighted by Crippen LogP contribution is 2.42. The molecule has 0 aliphatic carbocycles. The van der Waals surface area contributed by atoms with E-state index >= 15 is 0 Å². The number of nitrogens with one attached hydrogen (secondary N) is 1. The Hall–Kier alpha value is -5.22. The zero-order valence-electron chi connectivity index (χ0n) is 26.1. The van der Waals surface area contributed by atoms with Gasteiger partial charge in [-0.3, -0.25) is 24.3 Å². The minimum atomic E-state index is -0.974. The molecule has 0 unspecified atom stereocenters. The number of nitrogens with zero attached hydrogens (tertiary/aromatic N) is 4. The summed E-state index contributed by atoms with van der Waals surface area (Å²) in [6, 6.07) is 8.12. The molecule has 0 saturated heterocycles. The number of rotatable bonds is 10. The summed E-state index contributed by atoms with van der Waals surface area (Å²) in [6.07, 6.45) is 1.52. The number of aromatic nitrogens is 3. The van der Waals surface area contributed by atoms with Crippen molar-refractivity contribution in [2.45, 2.75) is 36.9 Å². The van der Waals surface area contributed by atoms with E-state index in [1.807, 2.05) is 0 Å². The van der Waals surface area contributed by atoms with Gasteiger partial charge in [0, 0.05) is 17.8 Å². The van der Waals surface area contributed by atoms with E-state index in [0.29, 0.717) is 44.6 Å². The number of carbonyl (C=O) groups is 1. The number of esters is 1. The van der Waals surface area contributed by atoms with Crippen LogP contribution in [0.4, 0.5) is 5.69 Å². The third kappa shape index (κ3) is 6.55. The van der Waals surface area contributed by atoms with E-state index in [1.165, 1.54) is 50.2 Å². The summed E-state index contributed by atoms with van der Waals surface area (Å²) in [6.45, 7) is 5.09. The highest BCUT2D eigenvalue weighted by molar-refractivity contribution is 7.99. The molecule has 244 valence electrons. The van der Waals surface area contributed by atoms with Gasteiger partial charge in [-0.2, -0.15) is 0 Å². The number of nitro groups is 1. The number of hydrogen-bond acceptors (Lipinski definition) is 13. The summed E-state index contributed by atoms with van der Waals surface area (Å²) in [4.78, 5) is 62.7. The molecule has 1 aliphatic rings. The highest BCUT2D eigenvalue weighted by Gasteiger charge is 2.35. The van der Waals surface area contributed by atoms with Crippen molar-refractivity contribution in [2.75, 3.05) is 27.9 Å². The molecule has 5 rings (SSSR count). The third-order valence-corrected chi connectivity index (χ3v) is 8.99. The minimum absolute atomic E-state index is 0.102. The van der Waals surface area contributed by atoms with Crippen molar-refractivity contribution in [2.24, 2.45) is 4.99 Å². The topological polar surface area (TPSA) is 177 Å². The molecular weight excluding hydrogens is 651 g/mol. The summed E-state index contributed by atoms with van der Waals surface area (Å²) in [7, 11) is 4.38. The number of aryl methyl sites for hydroxylation is 1. The Balaban J connectivity index is 1.67. The molecule has 2 aromatic carbocycles. The van der Waals surface area contributed by atoms with Crippen LogP contribution >= 0.6 is 23.1 Å². The molecule has 1 aliphatic heterocycles. The second-order valence-electron chi connectivity index (χ2n) is 10.0. The smallest absolute Gasteiger partial charge is 0.338 e. The SMILES string of the molecule is CCOC(=O)C1=C(C)N=c2s/c(=C/c3ccc(Sc4nc(C)cc(=O)[nH]4)c([N+](=O)[O-])c3)c(=O)n2[C@@H]1c1cc(OC)c(OC)c(OC)c1. The third-order valence-electron chi connectivity index (χ3n) is 7.05. The monoisotopic (exact) mass is 679 g/mol. The Morgan fingerprint density at radius 3 is 2.40 bits per heavy atom. The van der Waals surface area contributed by atoms with E-state index in [9.17, 15) is 24.5 Å². The summed E-state index contributed by atoms with van der Waals surface area (Å²) in [5.74, 6) is 0.321. The first-order valence-electron chi connectivity index (χ1n) is 14.0. The zero-order chi connectivity index (χ0) is 34.0. The maximum Gasteiger partial charge on any atom is 0.338 e. The second kappa shape index (κ2) is 13.6. The van der Waals surface area contributed by atoms with Gasteiger partial charge < -0.3 is 23.9 Å². The van der Waals surface area contributed by atoms with Crippen LogP contribution in [-0.4, -0.2) is 53.4 Å². The van der Waals surface area contributed by atoms with Crippen LogP contribution in [0.3, 0.4) is 0 Å². The molecule has 0 fully saturated rings. The molecule has 16 heteroatoms. The van der Waals surface area contributed by atoms with Crippen LogP contribution in [0, 0.1) is 17.0 Å². The van der Waals surface area contributed by atoms with Crippen molar-refractivity contribution in [3.8, 4) is 17.2 Å². The maximum absolute atomic E-state index is 14.1. The first-order valence-corrected chi connectivity index (χ1v) is 15.7. The first kappa shape index (κ1) is 33.2. The molecule has 0 amide bonds. The Kier molecular flexibility index (Phi) is 9.62. The zero-order valence-corrected chi connectivity index (χ0v) is 27.7. The number of fused-ring (bicyclic) bond motifs is 1. The standard InChI is InChI=1S/C31H29N5O9S2/c1-7-45-29(39)25-16(3)33-31-35(26(25)18-13-20(42-4)27(44-6)21(14-18)43-5)28(38)23(47-31)12-17-8-9-22(19(11-17)36(40)41)46-30-32-15(2)10-24(37)34-30/h8-14,26H,7H2,1-6H3,(H,32,34,37)/b23-12+/t26-/m1/s1. The number of methoxy groups -OCH3 is 3. The van der Waals surface area contributed by atoms with Gasteiger partial charge in [-0.15, -0.1) is 0 Å². The van der Waals surface area contributed by atoms with Crippen molar-refractivity contribution in [3.05, 3.63) is 105 Å². The lowest BCUT2D eigenvalue weighted by atomic mass is 9.95. The van der Waals surface area contributed by atoms with Gasteiger partial charge in [0.05, 0.1) is 59.6 Å². The number of aromatic amines is 1. The summed E-state index contributed by atoms with van der Waals surface area (Å²) in [5, 5.41) is 12.3. The minimum Gasteiger partial charge on any atom is -0.493 e. The number of nitro benzene ring substituents is 1. The van der Waals surface area contributed by atoms with Crippen molar-refractivity contribution in [1.29, 1.82) is 0 Å². The number of benzene rings is 2. The molecule has 0 saturated carbocycles. The normalized spacial score (nSPS) is 14.3. The van der Waals surface area contributed by atoms with Crippen LogP contribution < -0.4 is 34.7 Å². The lowest BCUT2D eigenvalue weighted by molar-refractivity contribution is -0.387. The molecule has 4 aromatic rings. The van der Waals surface area contributed by atoms with Crippen LogP contribution in [0.15, 0.2) is 72.3 Å². The fraction of sp³-hybridized carbons (Fsp3) is 0.258. The quantitative estimate of drug-likeness (QED) is 0.113. The van der Waals surface area contributed by atoms with Crippen molar-refractivity contribution < 1.29 is 28.7 Å². The van der Waals surface area contributed by atoms with E-state index < -0.39 is 22.5 Å². The molecule has 1 atom stereocenters. The van der Waals surface area contributed by atoms with Gasteiger partial charge in [-0.05, 0) is 67.9 Å². The number of H-pyrrole nitrogens is 1. The lowest BCUT2D eigenvalue weighted by Crippen LogP contribution is -2.40. The van der Waals surface area contributed by atoms with Crippen molar-refractivity contribution in [1.82, 2.24) is 14.5 Å². The molecule has 3 heterocycles. The predicted molar refractivity (Wildman–Crippen MR) is 173 cm³/mol. The van der Waals surface area contributed by atoms with Crippen molar-refractivity contribution >= 4 is 40.8 Å². The Labute approximate surface area is 275 Å². The van der Waals surface area contributed by atoms with E-state index in [4.69, 9.17) is 18.9 Å². The van der Waals surface area contributed by atoms with Crippen LogP contribution in [0.5, 0.6) is 17.2 Å². The van der Waals surface area contributed by atoms with E-state index in [2.05, 4.69) is 15.0 Å². The maximum atomic E-state index is 14.1. The molecule has 0 bridgehead atoms. The highest BCUT2D eigenvalue weighted by atomic mass is 32.2. The van der Waals surface area contributed by atoms with Gasteiger partial charge in [-0.1, -0.05) is 17.4 Å². The molecule has 2 aromatic heterocycles. The van der Waals surface area contributed by atoms with Crippen LogP contribution in [0.25, 0.3) is 6.08 Å². The first-order chi connectivity index (χ1) is 22.5. The van der Waals surface area contributed by atoms with Gasteiger partial charge in [0.25, 0.3) is 16.8 Å². The molecule has 47 heavy (non-hydrogen) atoms. The van der Waals surface area contributed by atoms with Gasteiger partial charge in [0.2, 0.25) is 5.75 Å². The predicted octanol–water partition coefficient (Wildman–Crippen LogP) is 3.28. The van der Waals surface area contributed by atoms with Gasteiger partial charge in [-0.25, -0.2) is 14.8 Å². The van der Waals surface area contributed by atoms with Gasteiger partial charge in [0.1, 0.15) is 0 Å². The number of ether oxygens (including phenoxy) is 4. The van der Waals surface area contributed by atoms with E-state index in [0.717, 1.165) is 23.1 Å². The van der Waals surface area contributed by atoms with Gasteiger partial charge in [0.15, 0.2) is 21.5 Å². The van der Waals surface area contributed by atoms with Crippen molar-refractivity contribution in [3.63, 3.8) is 0 Å². The van der Waals surface area contributed by atoms with Crippen LogP contribution in [0.1, 0.15) is 36.7 Å². The Morgan fingerprint density at radius 2 is 1.81 bits per heavy atom. The van der Waals surface area contributed by atoms with E-state index in [-0.39, 0.29) is 38.0 Å². The molecule has 1 N–H and O–H groups in total. The molecule has 14 nitrogen and oxygen atoms in total. The van der Waals surface area contributed by atoms with E-state index in [1.54, 1.807) is 39.0 Å². The van der Waals surface area contributed by atoms with Crippen LogP contribution in [0.2, 0.25) is 0 Å². The molecular formula is C31H29N5O9S2. The molecule has 0 radical (unpaired) electrons. The largest absolute Gasteiger partial charge is 0.493 e. The average Bonchev–Trinajstić information content (AvgIpc) is 3.33. The average molecular weight is 680 g/mol. The Morgan fingerprint density at radius 1 is 1.11 bits per heavy atom. The fourth-order valence-electron chi connectivity index (χ4n) is 5.07. The summed E-state index contributed by atoms with van der Waals surface area (Å²) >= 11 is 2.01. The number of carbonyl (C=O) groups excluding carboxylic acids is 1. The summed E-state index contributed by atoms with van der Waals surface area (Å²) in [5.41, 5.74) is 0.737. The Bertz CT molecular complexity index is 2160. The lowest BCUT2D eigenvalue weighted by Gasteiger charge is -2.26. The van der Waals surface area contributed by atoms with Crippen LogP contribution in [-0.2, 0) is 9.53 Å². The number of hydrogen-bond donors (Lipinski definition) is 1. The number of thiazole rings is 1. The second-order valence-corrected chi connectivity index (χ2v) is 12.1. The summed E-state index contributed by atoms with van der Waals surface area (Å²) < 4.78 is 23.5.